The van der Waals surface area contributed by atoms with E-state index >= 15 is 0 Å². The van der Waals surface area contributed by atoms with Gasteiger partial charge in [-0.3, -0.25) is 20.4 Å². The van der Waals surface area contributed by atoms with E-state index < -0.39 is 21.8 Å². The third kappa shape index (κ3) is 5.25. The summed E-state index contributed by atoms with van der Waals surface area (Å²) >= 11 is 3.28. The number of amides is 2. The number of ether oxygens (including phenoxy) is 1. The van der Waals surface area contributed by atoms with Crippen LogP contribution in [0.1, 0.15) is 34.6 Å². The molecule has 0 aliphatic carbocycles. The number of halogens is 1. The summed E-state index contributed by atoms with van der Waals surface area (Å²) in [6, 6.07) is 12.3. The summed E-state index contributed by atoms with van der Waals surface area (Å²) in [6.45, 7) is 4.12. The fourth-order valence-electron chi connectivity index (χ4n) is 3.13. The van der Waals surface area contributed by atoms with Crippen LogP contribution in [0, 0.1) is 0 Å². The van der Waals surface area contributed by atoms with Gasteiger partial charge in [0, 0.05) is 28.7 Å². The van der Waals surface area contributed by atoms with Gasteiger partial charge in [-0.2, -0.15) is 4.31 Å². The van der Waals surface area contributed by atoms with Crippen LogP contribution in [0.2, 0.25) is 0 Å². The first kappa shape index (κ1) is 22.4. The number of morpholine rings is 1. The first-order chi connectivity index (χ1) is 14.2. The van der Waals surface area contributed by atoms with E-state index in [1.54, 1.807) is 24.3 Å². The molecule has 1 aliphatic heterocycles. The number of carbonyl (C=O) groups is 2. The minimum absolute atomic E-state index is 0.00989. The Morgan fingerprint density at radius 3 is 2.13 bits per heavy atom. The molecule has 2 aromatic rings. The molecule has 10 heteroatoms. The van der Waals surface area contributed by atoms with E-state index in [-0.39, 0.29) is 35.8 Å². The third-order valence-electron chi connectivity index (χ3n) is 4.52. The Kier molecular flexibility index (Phi) is 6.91. The summed E-state index contributed by atoms with van der Waals surface area (Å²) in [6.07, 6.45) is -0.437. The number of nitrogens with one attached hydrogen (secondary N) is 2. The van der Waals surface area contributed by atoms with Crippen LogP contribution in [0.4, 0.5) is 0 Å². The van der Waals surface area contributed by atoms with Gasteiger partial charge >= 0.3 is 0 Å². The van der Waals surface area contributed by atoms with Crippen molar-refractivity contribution >= 4 is 37.8 Å². The lowest BCUT2D eigenvalue weighted by Gasteiger charge is -2.34. The van der Waals surface area contributed by atoms with Crippen molar-refractivity contribution in [2.24, 2.45) is 0 Å². The van der Waals surface area contributed by atoms with Crippen LogP contribution in [0.5, 0.6) is 0 Å². The summed E-state index contributed by atoms with van der Waals surface area (Å²) < 4.78 is 33.8. The van der Waals surface area contributed by atoms with Crippen molar-refractivity contribution < 1.29 is 22.7 Å². The topological polar surface area (TPSA) is 105 Å². The highest BCUT2D eigenvalue weighted by molar-refractivity contribution is 9.10. The second-order valence-corrected chi connectivity index (χ2v) is 9.88. The fraction of sp³-hybridized carbons (Fsp3) is 0.300. The van der Waals surface area contributed by atoms with E-state index in [4.69, 9.17) is 4.74 Å². The second kappa shape index (κ2) is 9.25. The van der Waals surface area contributed by atoms with E-state index in [0.29, 0.717) is 5.56 Å². The lowest BCUT2D eigenvalue weighted by molar-refractivity contribution is -0.0440. The summed E-state index contributed by atoms with van der Waals surface area (Å²) in [5.74, 6) is -1.11. The third-order valence-corrected chi connectivity index (χ3v) is 6.87. The van der Waals surface area contributed by atoms with Gasteiger partial charge in [0.05, 0.1) is 17.1 Å². The van der Waals surface area contributed by atoms with E-state index in [1.165, 1.54) is 28.6 Å². The smallest absolute Gasteiger partial charge is 0.269 e. The van der Waals surface area contributed by atoms with Crippen molar-refractivity contribution in [3.8, 4) is 0 Å². The minimum Gasteiger partial charge on any atom is -0.373 e. The van der Waals surface area contributed by atoms with Gasteiger partial charge in [0.15, 0.2) is 0 Å². The molecule has 2 atom stereocenters. The molecule has 1 saturated heterocycles. The molecule has 2 amide bonds. The number of nitrogens with zero attached hydrogens (tertiary/aromatic N) is 1. The Hall–Kier alpha value is -2.27. The largest absolute Gasteiger partial charge is 0.373 e. The van der Waals surface area contributed by atoms with Gasteiger partial charge in [-0.25, -0.2) is 8.42 Å². The fourth-order valence-corrected chi connectivity index (χ4v) is 5.03. The van der Waals surface area contributed by atoms with Crippen LogP contribution in [-0.4, -0.2) is 49.8 Å². The molecule has 3 rings (SSSR count). The molecule has 2 N–H and O–H groups in total. The zero-order chi connectivity index (χ0) is 21.9. The van der Waals surface area contributed by atoms with Crippen molar-refractivity contribution in [1.29, 1.82) is 0 Å². The summed E-state index contributed by atoms with van der Waals surface area (Å²) in [7, 11) is -3.78. The van der Waals surface area contributed by atoms with Gasteiger partial charge in [0.1, 0.15) is 0 Å². The quantitative estimate of drug-likeness (QED) is 0.633. The molecule has 0 aromatic heterocycles. The average Bonchev–Trinajstić information content (AvgIpc) is 2.71. The normalized spacial score (nSPS) is 19.8. The highest BCUT2D eigenvalue weighted by atomic mass is 79.9. The van der Waals surface area contributed by atoms with Crippen LogP contribution >= 0.6 is 15.9 Å². The molecule has 0 radical (unpaired) electrons. The van der Waals surface area contributed by atoms with Crippen LogP contribution < -0.4 is 10.9 Å². The van der Waals surface area contributed by atoms with Crippen LogP contribution in [0.3, 0.4) is 0 Å². The monoisotopic (exact) mass is 495 g/mol. The molecular weight excluding hydrogens is 474 g/mol. The first-order valence-corrected chi connectivity index (χ1v) is 11.5. The predicted octanol–water partition coefficient (Wildman–Crippen LogP) is 2.32. The lowest BCUT2D eigenvalue weighted by Crippen LogP contribution is -2.48. The number of hydrogen-bond acceptors (Lipinski definition) is 5. The molecule has 0 bridgehead atoms. The predicted molar refractivity (Wildman–Crippen MR) is 114 cm³/mol. The number of carbonyl (C=O) groups excluding carboxylic acids is 2. The molecule has 0 saturated carbocycles. The molecule has 2 aromatic carbocycles. The minimum atomic E-state index is -3.78. The van der Waals surface area contributed by atoms with Gasteiger partial charge < -0.3 is 4.74 Å². The molecule has 8 nitrogen and oxygen atoms in total. The Balaban J connectivity index is 1.70. The maximum absolute atomic E-state index is 13.0. The van der Waals surface area contributed by atoms with Gasteiger partial charge in [-0.15, -0.1) is 0 Å². The first-order valence-electron chi connectivity index (χ1n) is 9.29. The number of hydrazine groups is 1. The van der Waals surface area contributed by atoms with Crippen LogP contribution in [0.15, 0.2) is 57.9 Å². The van der Waals surface area contributed by atoms with Crippen molar-refractivity contribution in [1.82, 2.24) is 15.2 Å². The van der Waals surface area contributed by atoms with Gasteiger partial charge in [0.25, 0.3) is 11.8 Å². The number of rotatable bonds is 4. The maximum Gasteiger partial charge on any atom is 0.269 e. The average molecular weight is 496 g/mol. The molecular formula is C20H22BrN3O5S. The zero-order valence-electron chi connectivity index (χ0n) is 16.5. The summed E-state index contributed by atoms with van der Waals surface area (Å²) in [4.78, 5) is 24.6. The van der Waals surface area contributed by atoms with E-state index in [0.717, 1.165) is 4.47 Å². The van der Waals surface area contributed by atoms with Gasteiger partial charge in [-0.1, -0.05) is 22.0 Å². The standard InChI is InChI=1S/C20H22BrN3O5S/c1-13-11-24(12-14(2)29-13)30(27,28)18-5-3-4-16(10-18)20(26)23-22-19(25)15-6-8-17(21)9-7-15/h3-10,13-14H,11-12H2,1-2H3,(H,22,25)(H,23,26). The summed E-state index contributed by atoms with van der Waals surface area (Å²) in [5.41, 5.74) is 5.10. The molecule has 1 heterocycles. The Labute approximate surface area is 183 Å². The number of hydrogen-bond donors (Lipinski definition) is 2. The van der Waals surface area contributed by atoms with E-state index in [1.807, 2.05) is 13.8 Å². The molecule has 160 valence electrons. The second-order valence-electron chi connectivity index (χ2n) is 7.02. The summed E-state index contributed by atoms with van der Waals surface area (Å²) in [5, 5.41) is 0. The SMILES string of the molecule is CC1CN(S(=O)(=O)c2cccc(C(=O)NNC(=O)c3ccc(Br)cc3)c2)CC(C)O1. The maximum atomic E-state index is 13.0. The van der Waals surface area contributed by atoms with E-state index in [2.05, 4.69) is 26.8 Å². The van der Waals surface area contributed by atoms with E-state index in [9.17, 15) is 18.0 Å². The Morgan fingerprint density at radius 2 is 1.53 bits per heavy atom. The molecule has 0 spiro atoms. The number of sulfonamides is 1. The highest BCUT2D eigenvalue weighted by Crippen LogP contribution is 2.22. The van der Waals surface area contributed by atoms with Crippen molar-refractivity contribution in [3.05, 3.63) is 64.1 Å². The highest BCUT2D eigenvalue weighted by Gasteiger charge is 2.32. The number of benzene rings is 2. The van der Waals surface area contributed by atoms with Gasteiger partial charge in [0.2, 0.25) is 10.0 Å². The molecule has 1 fully saturated rings. The molecule has 2 unspecified atom stereocenters. The molecule has 30 heavy (non-hydrogen) atoms. The zero-order valence-corrected chi connectivity index (χ0v) is 18.9. The Morgan fingerprint density at radius 1 is 0.967 bits per heavy atom. The van der Waals surface area contributed by atoms with Crippen LogP contribution in [-0.2, 0) is 14.8 Å². The Bertz CT molecular complexity index is 1030. The molecule has 1 aliphatic rings. The van der Waals surface area contributed by atoms with Gasteiger partial charge in [-0.05, 0) is 56.3 Å². The van der Waals surface area contributed by atoms with Crippen molar-refractivity contribution in [3.63, 3.8) is 0 Å². The van der Waals surface area contributed by atoms with Crippen LogP contribution in [0.25, 0.3) is 0 Å². The lowest BCUT2D eigenvalue weighted by atomic mass is 10.2. The van der Waals surface area contributed by atoms with Crippen molar-refractivity contribution in [2.45, 2.75) is 31.0 Å². The van der Waals surface area contributed by atoms with Crippen molar-refractivity contribution in [2.75, 3.05) is 13.1 Å².